The number of benzene rings is 1. The van der Waals surface area contributed by atoms with Gasteiger partial charge in [-0.25, -0.2) is 0 Å². The molecule has 4 N–H and O–H groups in total. The maximum absolute atomic E-state index is 10.4. The predicted octanol–water partition coefficient (Wildman–Crippen LogP) is 0.791. The molecule has 0 saturated heterocycles. The quantitative estimate of drug-likeness (QED) is 0.490. The first kappa shape index (κ1) is 11.7. The lowest BCUT2D eigenvalue weighted by molar-refractivity contribution is 0.112. The molecule has 1 aromatic rings. The van der Waals surface area contributed by atoms with Crippen molar-refractivity contribution in [1.29, 1.82) is 0 Å². The van der Waals surface area contributed by atoms with Gasteiger partial charge in [-0.2, -0.15) is 0 Å². The number of aldehydes is 1. The molecule has 1 aromatic carbocycles. The van der Waals surface area contributed by atoms with Gasteiger partial charge in [-0.3, -0.25) is 4.79 Å². The molecule has 72 valence electrons. The van der Waals surface area contributed by atoms with E-state index in [1.165, 1.54) is 12.1 Å². The van der Waals surface area contributed by atoms with Crippen molar-refractivity contribution in [3.05, 3.63) is 23.3 Å². The highest BCUT2D eigenvalue weighted by Gasteiger charge is 2.09. The second-order valence-corrected chi connectivity index (χ2v) is 2.32. The number of phenols is 2. The summed E-state index contributed by atoms with van der Waals surface area (Å²) in [4.78, 5) is 10.4. The SMILES string of the molecule is Cl.NCc1c(C=O)ccc(O)c1O. The minimum Gasteiger partial charge on any atom is -0.504 e. The van der Waals surface area contributed by atoms with Crippen LogP contribution in [-0.2, 0) is 6.54 Å². The summed E-state index contributed by atoms with van der Waals surface area (Å²) in [6.45, 7) is 0.0221. The minimum atomic E-state index is -0.317. The molecule has 0 atom stereocenters. The lowest BCUT2D eigenvalue weighted by Crippen LogP contribution is -2.01. The normalized spacial score (nSPS) is 9.00. The summed E-state index contributed by atoms with van der Waals surface area (Å²) in [7, 11) is 0. The molecule has 0 radical (unpaired) electrons. The van der Waals surface area contributed by atoms with Crippen LogP contribution in [-0.4, -0.2) is 16.5 Å². The molecule has 1 rings (SSSR count). The summed E-state index contributed by atoms with van der Waals surface area (Å²) in [5.41, 5.74) is 5.83. The molecule has 0 heterocycles. The molecule has 0 bridgehead atoms. The number of aromatic hydroxyl groups is 2. The summed E-state index contributed by atoms with van der Waals surface area (Å²) in [5, 5.41) is 18.3. The highest BCUT2D eigenvalue weighted by Crippen LogP contribution is 2.29. The third-order valence-electron chi connectivity index (χ3n) is 1.63. The molecule has 0 aromatic heterocycles. The molecular formula is C8H10ClNO3. The molecule has 0 fully saturated rings. The van der Waals surface area contributed by atoms with E-state index in [-0.39, 0.29) is 36.0 Å². The van der Waals surface area contributed by atoms with Crippen molar-refractivity contribution < 1.29 is 15.0 Å². The third kappa shape index (κ3) is 2.11. The molecule has 0 aliphatic rings. The second kappa shape index (κ2) is 4.69. The Morgan fingerprint density at radius 3 is 2.46 bits per heavy atom. The van der Waals surface area contributed by atoms with Gasteiger partial charge in [0, 0.05) is 17.7 Å². The van der Waals surface area contributed by atoms with Crippen molar-refractivity contribution in [2.45, 2.75) is 6.54 Å². The van der Waals surface area contributed by atoms with Gasteiger partial charge in [-0.05, 0) is 12.1 Å². The van der Waals surface area contributed by atoms with Gasteiger partial charge in [-0.1, -0.05) is 0 Å². The van der Waals surface area contributed by atoms with E-state index >= 15 is 0 Å². The lowest BCUT2D eigenvalue weighted by Gasteiger charge is -2.05. The van der Waals surface area contributed by atoms with Gasteiger partial charge in [0.25, 0.3) is 0 Å². The Kier molecular flexibility index (Phi) is 4.23. The molecule has 13 heavy (non-hydrogen) atoms. The number of phenolic OH excluding ortho intramolecular Hbond substituents is 2. The van der Waals surface area contributed by atoms with Crippen molar-refractivity contribution in [3.8, 4) is 11.5 Å². The first-order valence-corrected chi connectivity index (χ1v) is 3.39. The fourth-order valence-electron chi connectivity index (χ4n) is 0.964. The monoisotopic (exact) mass is 203 g/mol. The molecule has 0 spiro atoms. The minimum absolute atomic E-state index is 0. The number of rotatable bonds is 2. The number of carbonyl (C=O) groups is 1. The van der Waals surface area contributed by atoms with E-state index in [4.69, 9.17) is 10.8 Å². The molecule has 0 saturated carbocycles. The maximum atomic E-state index is 10.4. The molecule has 0 aliphatic heterocycles. The van der Waals surface area contributed by atoms with Gasteiger partial charge < -0.3 is 15.9 Å². The zero-order chi connectivity index (χ0) is 9.14. The number of hydrogen-bond donors (Lipinski definition) is 3. The summed E-state index contributed by atoms with van der Waals surface area (Å²) >= 11 is 0. The largest absolute Gasteiger partial charge is 0.504 e. The van der Waals surface area contributed by atoms with Gasteiger partial charge in [0.15, 0.2) is 17.8 Å². The average molecular weight is 204 g/mol. The predicted molar refractivity (Wildman–Crippen MR) is 50.3 cm³/mol. The maximum Gasteiger partial charge on any atom is 0.162 e. The fourth-order valence-corrected chi connectivity index (χ4v) is 0.964. The van der Waals surface area contributed by atoms with Gasteiger partial charge in [0.2, 0.25) is 0 Å². The lowest BCUT2D eigenvalue weighted by atomic mass is 10.1. The van der Waals surface area contributed by atoms with Crippen LogP contribution in [0.25, 0.3) is 0 Å². The smallest absolute Gasteiger partial charge is 0.162 e. The van der Waals surface area contributed by atoms with Crippen molar-refractivity contribution in [2.24, 2.45) is 5.73 Å². The van der Waals surface area contributed by atoms with E-state index in [0.717, 1.165) is 0 Å². The van der Waals surface area contributed by atoms with E-state index in [1.54, 1.807) is 0 Å². The van der Waals surface area contributed by atoms with Crippen LogP contribution >= 0.6 is 12.4 Å². The van der Waals surface area contributed by atoms with Crippen LogP contribution in [0.15, 0.2) is 12.1 Å². The number of hydrogen-bond acceptors (Lipinski definition) is 4. The van der Waals surface area contributed by atoms with E-state index in [9.17, 15) is 9.90 Å². The Bertz CT molecular complexity index is 315. The average Bonchev–Trinajstić information content (AvgIpc) is 2.09. The van der Waals surface area contributed by atoms with Crippen molar-refractivity contribution in [3.63, 3.8) is 0 Å². The molecule has 5 heteroatoms. The van der Waals surface area contributed by atoms with Crippen molar-refractivity contribution in [1.82, 2.24) is 0 Å². The van der Waals surface area contributed by atoms with Crippen LogP contribution in [0.3, 0.4) is 0 Å². The first-order chi connectivity index (χ1) is 5.70. The Morgan fingerprint density at radius 1 is 1.38 bits per heavy atom. The molecule has 4 nitrogen and oxygen atoms in total. The second-order valence-electron chi connectivity index (χ2n) is 2.32. The summed E-state index contributed by atoms with van der Waals surface area (Å²) < 4.78 is 0. The third-order valence-corrected chi connectivity index (χ3v) is 1.63. The Hall–Kier alpha value is -1.26. The fraction of sp³-hybridized carbons (Fsp3) is 0.125. The van der Waals surface area contributed by atoms with Gasteiger partial charge in [0.05, 0.1) is 0 Å². The Balaban J connectivity index is 0.00000144. The van der Waals surface area contributed by atoms with Crippen LogP contribution < -0.4 is 5.73 Å². The Morgan fingerprint density at radius 2 is 2.00 bits per heavy atom. The molecular weight excluding hydrogens is 194 g/mol. The van der Waals surface area contributed by atoms with E-state index < -0.39 is 0 Å². The zero-order valence-electron chi connectivity index (χ0n) is 6.73. The van der Waals surface area contributed by atoms with Crippen LogP contribution in [0.5, 0.6) is 11.5 Å². The number of carbonyl (C=O) groups excluding carboxylic acids is 1. The van der Waals surface area contributed by atoms with Gasteiger partial charge >= 0.3 is 0 Å². The summed E-state index contributed by atoms with van der Waals surface area (Å²) in [5.74, 6) is -0.580. The van der Waals surface area contributed by atoms with Gasteiger partial charge in [0.1, 0.15) is 0 Å². The van der Waals surface area contributed by atoms with E-state index in [2.05, 4.69) is 0 Å². The first-order valence-electron chi connectivity index (χ1n) is 3.39. The standard InChI is InChI=1S/C8H9NO3.ClH/c9-3-6-5(4-10)1-2-7(11)8(6)12;/h1-2,4,11-12H,3,9H2;1H. The van der Waals surface area contributed by atoms with E-state index in [1.807, 2.05) is 0 Å². The zero-order valence-corrected chi connectivity index (χ0v) is 7.54. The molecule has 0 unspecified atom stereocenters. The van der Waals surface area contributed by atoms with Crippen LogP contribution in [0.1, 0.15) is 15.9 Å². The van der Waals surface area contributed by atoms with Crippen molar-refractivity contribution >= 4 is 18.7 Å². The Labute approximate surface area is 81.4 Å². The van der Waals surface area contributed by atoms with Crippen LogP contribution in [0.2, 0.25) is 0 Å². The van der Waals surface area contributed by atoms with Crippen molar-refractivity contribution in [2.75, 3.05) is 0 Å². The molecule has 0 amide bonds. The topological polar surface area (TPSA) is 83.6 Å². The van der Waals surface area contributed by atoms with Crippen LogP contribution in [0, 0.1) is 0 Å². The van der Waals surface area contributed by atoms with Crippen LogP contribution in [0.4, 0.5) is 0 Å². The van der Waals surface area contributed by atoms with E-state index in [0.29, 0.717) is 11.8 Å². The highest BCUT2D eigenvalue weighted by molar-refractivity contribution is 5.85. The number of halogens is 1. The molecule has 0 aliphatic carbocycles. The summed E-state index contributed by atoms with van der Waals surface area (Å²) in [6.07, 6.45) is 0.585. The highest BCUT2D eigenvalue weighted by atomic mass is 35.5. The summed E-state index contributed by atoms with van der Waals surface area (Å²) in [6, 6.07) is 2.66. The van der Waals surface area contributed by atoms with Gasteiger partial charge in [-0.15, -0.1) is 12.4 Å². The number of nitrogens with two attached hydrogens (primary N) is 1.